The number of hydrogen-bond acceptors (Lipinski definition) is 5. The van der Waals surface area contributed by atoms with Crippen LogP contribution in [0.3, 0.4) is 0 Å². The summed E-state index contributed by atoms with van der Waals surface area (Å²) in [5.74, 6) is 0.168. The Morgan fingerprint density at radius 1 is 1.09 bits per heavy atom. The molecule has 1 aliphatic heterocycles. The summed E-state index contributed by atoms with van der Waals surface area (Å²) in [7, 11) is 2.13. The van der Waals surface area contributed by atoms with E-state index in [2.05, 4.69) is 81.0 Å². The van der Waals surface area contributed by atoms with Gasteiger partial charge in [0.2, 0.25) is 0 Å². The summed E-state index contributed by atoms with van der Waals surface area (Å²) in [5.41, 5.74) is 16.7. The molecule has 0 saturated carbocycles. The quantitative estimate of drug-likeness (QED) is 0.644. The van der Waals surface area contributed by atoms with Crippen LogP contribution < -0.4 is 10.6 Å². The lowest BCUT2D eigenvalue weighted by molar-refractivity contribution is 0.597. The van der Waals surface area contributed by atoms with Crippen molar-refractivity contribution in [2.75, 3.05) is 17.7 Å². The number of likely N-dealkylation sites (N-methyl/N-ethyl adjacent to an activating group) is 1. The fourth-order valence-electron chi connectivity index (χ4n) is 4.82. The average molecular weight is 422 g/mol. The molecule has 2 aromatic rings. The van der Waals surface area contributed by atoms with Crippen LogP contribution in [0.2, 0.25) is 0 Å². The van der Waals surface area contributed by atoms with Gasteiger partial charge >= 0.3 is 0 Å². The molecule has 32 heavy (non-hydrogen) atoms. The van der Waals surface area contributed by atoms with Crippen molar-refractivity contribution in [3.63, 3.8) is 0 Å². The molecular weight excluding hydrogens is 394 g/mol. The lowest BCUT2D eigenvalue weighted by atomic mass is 9.86. The molecule has 2 heterocycles. The zero-order valence-corrected chi connectivity index (χ0v) is 19.7. The standard InChI is InChI=1S/C27H27N5/c1-14-8-23-19(15(2)11-27(5,6)32(23)7)9-18(14)10-20-16(3)21(12-28)25-24(20)17(4)22(13-29)26(30)31-25/h8-11H,1-7H3,(H2,30,31)/b20-10+. The first-order chi connectivity index (χ1) is 15.0. The van der Waals surface area contributed by atoms with E-state index in [9.17, 15) is 10.5 Å². The Morgan fingerprint density at radius 2 is 1.78 bits per heavy atom. The maximum Gasteiger partial charge on any atom is 0.142 e. The van der Waals surface area contributed by atoms with Crippen molar-refractivity contribution in [2.45, 2.75) is 47.1 Å². The molecule has 0 bridgehead atoms. The number of anilines is 2. The van der Waals surface area contributed by atoms with Gasteiger partial charge < -0.3 is 10.6 Å². The second kappa shape index (κ2) is 7.11. The molecule has 0 saturated heterocycles. The van der Waals surface area contributed by atoms with E-state index in [1.165, 1.54) is 16.8 Å². The third kappa shape index (κ3) is 2.93. The third-order valence-corrected chi connectivity index (χ3v) is 6.89. The van der Waals surface area contributed by atoms with Crippen LogP contribution in [0.1, 0.15) is 66.8 Å². The van der Waals surface area contributed by atoms with Gasteiger partial charge in [0.15, 0.2) is 0 Å². The van der Waals surface area contributed by atoms with Gasteiger partial charge in [0.05, 0.1) is 22.4 Å². The predicted octanol–water partition coefficient (Wildman–Crippen LogP) is 5.64. The summed E-state index contributed by atoms with van der Waals surface area (Å²) in [6, 6.07) is 8.90. The van der Waals surface area contributed by atoms with Crippen molar-refractivity contribution in [1.82, 2.24) is 4.98 Å². The van der Waals surface area contributed by atoms with Crippen molar-refractivity contribution in [3.8, 4) is 12.1 Å². The molecule has 5 heteroatoms. The van der Waals surface area contributed by atoms with Crippen LogP contribution >= 0.6 is 0 Å². The van der Waals surface area contributed by atoms with Crippen molar-refractivity contribution in [3.05, 3.63) is 62.9 Å². The largest absolute Gasteiger partial charge is 0.383 e. The molecule has 1 aromatic heterocycles. The summed E-state index contributed by atoms with van der Waals surface area (Å²) in [4.78, 5) is 6.73. The predicted molar refractivity (Wildman–Crippen MR) is 131 cm³/mol. The molecule has 0 spiro atoms. The fourth-order valence-corrected chi connectivity index (χ4v) is 4.82. The third-order valence-electron chi connectivity index (χ3n) is 6.89. The summed E-state index contributed by atoms with van der Waals surface area (Å²) >= 11 is 0. The van der Waals surface area contributed by atoms with E-state index in [1.807, 2.05) is 13.8 Å². The van der Waals surface area contributed by atoms with Gasteiger partial charge in [-0.15, -0.1) is 0 Å². The molecule has 1 aromatic carbocycles. The first-order valence-corrected chi connectivity index (χ1v) is 10.6. The van der Waals surface area contributed by atoms with Crippen molar-refractivity contribution in [2.24, 2.45) is 0 Å². The fraction of sp³-hybridized carbons (Fsp3) is 0.296. The number of aryl methyl sites for hydroxylation is 1. The number of fused-ring (bicyclic) bond motifs is 2. The molecule has 5 nitrogen and oxygen atoms in total. The van der Waals surface area contributed by atoms with Gasteiger partial charge in [-0.05, 0) is 93.2 Å². The number of nitriles is 2. The summed E-state index contributed by atoms with van der Waals surface area (Å²) in [6.07, 6.45) is 4.41. The maximum absolute atomic E-state index is 9.81. The Labute approximate surface area is 189 Å². The minimum Gasteiger partial charge on any atom is -0.383 e. The molecule has 2 N–H and O–H groups in total. The van der Waals surface area contributed by atoms with Gasteiger partial charge in [-0.25, -0.2) is 4.98 Å². The second-order valence-corrected chi connectivity index (χ2v) is 9.27. The van der Waals surface area contributed by atoms with Crippen LogP contribution in [0.5, 0.6) is 0 Å². The minimum absolute atomic E-state index is 0.0503. The van der Waals surface area contributed by atoms with E-state index in [0.717, 1.165) is 33.4 Å². The molecular formula is C27H27N5. The number of nitrogens with two attached hydrogens (primary N) is 1. The van der Waals surface area contributed by atoms with Crippen LogP contribution in [0.25, 0.3) is 22.8 Å². The highest BCUT2D eigenvalue weighted by molar-refractivity contribution is 6.09. The highest BCUT2D eigenvalue weighted by Crippen LogP contribution is 2.45. The number of hydrogen-bond donors (Lipinski definition) is 1. The molecule has 2 aliphatic rings. The normalized spacial score (nSPS) is 17.6. The topological polar surface area (TPSA) is 89.7 Å². The van der Waals surface area contributed by atoms with Crippen molar-refractivity contribution < 1.29 is 0 Å². The Balaban J connectivity index is 1.98. The van der Waals surface area contributed by atoms with E-state index in [4.69, 9.17) is 5.73 Å². The van der Waals surface area contributed by atoms with Crippen LogP contribution in [0.4, 0.5) is 11.5 Å². The van der Waals surface area contributed by atoms with Crippen LogP contribution in [-0.4, -0.2) is 17.6 Å². The smallest absolute Gasteiger partial charge is 0.142 e. The number of pyridine rings is 1. The zero-order valence-electron chi connectivity index (χ0n) is 19.7. The molecule has 0 amide bonds. The van der Waals surface area contributed by atoms with Gasteiger partial charge in [0.1, 0.15) is 18.0 Å². The number of allylic oxidation sites excluding steroid dienone is 4. The van der Waals surface area contributed by atoms with Crippen molar-refractivity contribution in [1.29, 1.82) is 10.5 Å². The van der Waals surface area contributed by atoms with E-state index >= 15 is 0 Å². The molecule has 0 radical (unpaired) electrons. The number of aromatic nitrogens is 1. The van der Waals surface area contributed by atoms with E-state index in [0.29, 0.717) is 16.8 Å². The maximum atomic E-state index is 9.81. The van der Waals surface area contributed by atoms with Gasteiger partial charge in [-0.1, -0.05) is 6.08 Å². The van der Waals surface area contributed by atoms with E-state index < -0.39 is 0 Å². The Morgan fingerprint density at radius 3 is 2.41 bits per heavy atom. The van der Waals surface area contributed by atoms with Gasteiger partial charge in [-0.3, -0.25) is 0 Å². The number of nitrogen functional groups attached to an aromatic ring is 1. The zero-order chi connectivity index (χ0) is 23.5. The monoisotopic (exact) mass is 421 g/mol. The van der Waals surface area contributed by atoms with Gasteiger partial charge in [-0.2, -0.15) is 10.5 Å². The highest BCUT2D eigenvalue weighted by atomic mass is 15.2. The lowest BCUT2D eigenvalue weighted by Crippen LogP contribution is -2.42. The molecule has 0 unspecified atom stereocenters. The SMILES string of the molecule is CC1=CC(C)(C)N(C)c2cc(C)c(/C=C3\C(C)=C(C#N)c4nc(N)c(C#N)c(C)c43)cc21. The summed E-state index contributed by atoms with van der Waals surface area (Å²) < 4.78 is 0. The summed E-state index contributed by atoms with van der Waals surface area (Å²) in [6.45, 7) is 12.5. The minimum atomic E-state index is -0.0503. The average Bonchev–Trinajstić information content (AvgIpc) is 2.98. The molecule has 4 rings (SSSR count). The van der Waals surface area contributed by atoms with Crippen LogP contribution in [-0.2, 0) is 0 Å². The first kappa shape index (κ1) is 21.4. The number of rotatable bonds is 1. The Bertz CT molecular complexity index is 1370. The van der Waals surface area contributed by atoms with Crippen molar-refractivity contribution >= 4 is 34.3 Å². The van der Waals surface area contributed by atoms with Gasteiger partial charge in [0, 0.05) is 23.9 Å². The Hall–Kier alpha value is -3.83. The van der Waals surface area contributed by atoms with Gasteiger partial charge in [0.25, 0.3) is 0 Å². The molecule has 1 aliphatic carbocycles. The molecule has 0 fully saturated rings. The second-order valence-electron chi connectivity index (χ2n) is 9.27. The number of nitrogens with zero attached hydrogens (tertiary/aromatic N) is 4. The van der Waals surface area contributed by atoms with E-state index in [1.54, 1.807) is 0 Å². The van der Waals surface area contributed by atoms with Crippen LogP contribution in [0, 0.1) is 36.5 Å². The first-order valence-electron chi connectivity index (χ1n) is 10.6. The highest BCUT2D eigenvalue weighted by Gasteiger charge is 2.31. The van der Waals surface area contributed by atoms with Crippen LogP contribution in [0.15, 0.2) is 23.8 Å². The lowest BCUT2D eigenvalue weighted by Gasteiger charge is -2.41. The molecule has 160 valence electrons. The summed E-state index contributed by atoms with van der Waals surface area (Å²) in [5, 5.41) is 19.4. The molecule has 0 atom stereocenters. The number of benzene rings is 1. The Kier molecular flexibility index (Phi) is 4.75. The van der Waals surface area contributed by atoms with E-state index in [-0.39, 0.29) is 11.4 Å².